The summed E-state index contributed by atoms with van der Waals surface area (Å²) >= 11 is 1.60. The third-order valence-corrected chi connectivity index (χ3v) is 4.68. The quantitative estimate of drug-likeness (QED) is 0.424. The first-order valence-electron chi connectivity index (χ1n) is 8.49. The van der Waals surface area contributed by atoms with Gasteiger partial charge in [0.05, 0.1) is 23.9 Å². The van der Waals surface area contributed by atoms with Crippen molar-refractivity contribution in [2.24, 2.45) is 0 Å². The van der Waals surface area contributed by atoms with E-state index in [1.54, 1.807) is 16.3 Å². The van der Waals surface area contributed by atoms with Crippen molar-refractivity contribution in [1.29, 1.82) is 0 Å². The van der Waals surface area contributed by atoms with Gasteiger partial charge < -0.3 is 14.0 Å². The summed E-state index contributed by atoms with van der Waals surface area (Å²) in [5, 5.41) is 0. The number of benzene rings is 2. The Morgan fingerprint density at radius 1 is 1.21 bits per heavy atom. The summed E-state index contributed by atoms with van der Waals surface area (Å²) in [5.41, 5.74) is 1.73. The van der Waals surface area contributed by atoms with E-state index in [1.165, 1.54) is 19.2 Å². The minimum Gasteiger partial charge on any atom is -0.494 e. The Hall–Kier alpha value is -2.87. The van der Waals surface area contributed by atoms with Crippen LogP contribution in [0.3, 0.4) is 0 Å². The number of para-hydroxylation sites is 2. The largest absolute Gasteiger partial charge is 0.494 e. The molecule has 6 nitrogen and oxygen atoms in total. The summed E-state index contributed by atoms with van der Waals surface area (Å²) in [6, 6.07) is 11.4. The summed E-state index contributed by atoms with van der Waals surface area (Å²) < 4.78 is 25.4. The fraction of sp³-hybridized carbons (Fsp3) is 0.250. The van der Waals surface area contributed by atoms with Gasteiger partial charge in [-0.2, -0.15) is 11.8 Å². The number of ketones is 1. The predicted molar refractivity (Wildman–Crippen MR) is 105 cm³/mol. The molecule has 1 heterocycles. The zero-order chi connectivity index (χ0) is 20.1. The van der Waals surface area contributed by atoms with Crippen LogP contribution < -0.4 is 4.74 Å². The minimum absolute atomic E-state index is 0.0434. The Morgan fingerprint density at radius 3 is 2.71 bits per heavy atom. The topological polar surface area (TPSA) is 70.4 Å². The molecule has 0 aliphatic rings. The predicted octanol–water partition coefficient (Wildman–Crippen LogP) is 3.47. The van der Waals surface area contributed by atoms with E-state index in [2.05, 4.69) is 4.98 Å². The molecule has 0 aliphatic heterocycles. The molecule has 0 unspecified atom stereocenters. The second-order valence-electron chi connectivity index (χ2n) is 5.97. The molecule has 28 heavy (non-hydrogen) atoms. The molecule has 3 rings (SSSR count). The molecule has 0 spiro atoms. The molecule has 0 amide bonds. The molecule has 0 N–H and O–H groups in total. The number of hydrogen-bond donors (Lipinski definition) is 0. The second-order valence-corrected chi connectivity index (χ2v) is 6.84. The molecule has 146 valence electrons. The first-order chi connectivity index (χ1) is 13.5. The highest BCUT2D eigenvalue weighted by Crippen LogP contribution is 2.20. The fourth-order valence-corrected chi connectivity index (χ4v) is 3.26. The third kappa shape index (κ3) is 4.33. The normalized spacial score (nSPS) is 10.8. The molecule has 3 aromatic rings. The molecule has 0 aliphatic carbocycles. The molecule has 2 aromatic carbocycles. The number of carbonyl (C=O) groups excluding carboxylic acids is 2. The standard InChI is InChI=1S/C20H19FN2O4S/c1-26-18-8-7-13(9-14(18)21)17(24)11-27-20(25)10-23-16-6-4-3-5-15(16)22-19(23)12-28-2/h3-9H,10-12H2,1-2H3. The van der Waals surface area contributed by atoms with Crippen LogP contribution in [0.15, 0.2) is 42.5 Å². The van der Waals surface area contributed by atoms with E-state index in [0.717, 1.165) is 22.9 Å². The van der Waals surface area contributed by atoms with Crippen LogP contribution in [0.4, 0.5) is 4.39 Å². The van der Waals surface area contributed by atoms with Crippen molar-refractivity contribution in [3.05, 3.63) is 59.7 Å². The van der Waals surface area contributed by atoms with Gasteiger partial charge in [0.25, 0.3) is 0 Å². The molecular formula is C20H19FN2O4S. The van der Waals surface area contributed by atoms with Gasteiger partial charge in [-0.3, -0.25) is 9.59 Å². The number of halogens is 1. The summed E-state index contributed by atoms with van der Waals surface area (Å²) in [5.74, 6) is -0.253. The van der Waals surface area contributed by atoms with E-state index in [-0.39, 0.29) is 17.9 Å². The van der Waals surface area contributed by atoms with E-state index >= 15 is 0 Å². The van der Waals surface area contributed by atoms with Crippen molar-refractivity contribution in [3.8, 4) is 5.75 Å². The highest BCUT2D eigenvalue weighted by Gasteiger charge is 2.16. The number of carbonyl (C=O) groups is 2. The van der Waals surface area contributed by atoms with Gasteiger partial charge in [-0.25, -0.2) is 9.37 Å². The van der Waals surface area contributed by atoms with Gasteiger partial charge in [0.2, 0.25) is 0 Å². The Kier molecular flexibility index (Phi) is 6.30. The number of thioether (sulfide) groups is 1. The van der Waals surface area contributed by atoms with Gasteiger partial charge in [0.15, 0.2) is 24.0 Å². The maximum Gasteiger partial charge on any atom is 0.326 e. The van der Waals surface area contributed by atoms with Crippen LogP contribution in [0.5, 0.6) is 5.75 Å². The lowest BCUT2D eigenvalue weighted by Gasteiger charge is -2.09. The number of ether oxygens (including phenoxy) is 2. The second kappa shape index (κ2) is 8.88. The van der Waals surface area contributed by atoms with E-state index < -0.39 is 24.2 Å². The zero-order valence-corrected chi connectivity index (χ0v) is 16.3. The molecule has 8 heteroatoms. The number of hydrogen-bond acceptors (Lipinski definition) is 6. The first-order valence-corrected chi connectivity index (χ1v) is 9.88. The highest BCUT2D eigenvalue weighted by atomic mass is 32.2. The number of rotatable bonds is 8. The average molecular weight is 402 g/mol. The molecule has 0 bridgehead atoms. The number of methoxy groups -OCH3 is 1. The van der Waals surface area contributed by atoms with Crippen molar-refractivity contribution in [3.63, 3.8) is 0 Å². The summed E-state index contributed by atoms with van der Waals surface area (Å²) in [6.07, 6.45) is 1.95. The molecule has 0 radical (unpaired) electrons. The molecule has 1 aromatic heterocycles. The monoisotopic (exact) mass is 402 g/mol. The van der Waals surface area contributed by atoms with Gasteiger partial charge in [-0.1, -0.05) is 12.1 Å². The van der Waals surface area contributed by atoms with E-state index in [9.17, 15) is 14.0 Å². The van der Waals surface area contributed by atoms with Gasteiger partial charge in [0.1, 0.15) is 12.4 Å². The lowest BCUT2D eigenvalue weighted by atomic mass is 10.1. The molecular weight excluding hydrogens is 383 g/mol. The SMILES string of the molecule is COc1ccc(C(=O)COC(=O)Cn2c(CSC)nc3ccccc32)cc1F. The maximum absolute atomic E-state index is 13.7. The van der Waals surface area contributed by atoms with Crippen LogP contribution in [0.25, 0.3) is 11.0 Å². The lowest BCUT2D eigenvalue weighted by Crippen LogP contribution is -2.19. The Morgan fingerprint density at radius 2 is 2.00 bits per heavy atom. The summed E-state index contributed by atoms with van der Waals surface area (Å²) in [7, 11) is 1.34. The number of esters is 1. The first kappa shape index (κ1) is 19.9. The van der Waals surface area contributed by atoms with Gasteiger partial charge >= 0.3 is 5.97 Å². The number of nitrogens with zero attached hydrogens (tertiary/aromatic N) is 2. The van der Waals surface area contributed by atoms with Crippen LogP contribution in [0.1, 0.15) is 16.2 Å². The molecule has 0 fully saturated rings. The smallest absolute Gasteiger partial charge is 0.326 e. The lowest BCUT2D eigenvalue weighted by molar-refractivity contribution is -0.143. The van der Waals surface area contributed by atoms with Gasteiger partial charge in [-0.05, 0) is 36.6 Å². The highest BCUT2D eigenvalue weighted by molar-refractivity contribution is 7.97. The van der Waals surface area contributed by atoms with E-state index in [0.29, 0.717) is 5.75 Å². The summed E-state index contributed by atoms with van der Waals surface area (Å²) in [4.78, 5) is 29.0. The minimum atomic E-state index is -0.647. The van der Waals surface area contributed by atoms with Crippen LogP contribution in [0.2, 0.25) is 0 Å². The Labute approximate surface area is 165 Å². The van der Waals surface area contributed by atoms with Crippen molar-refractivity contribution in [2.75, 3.05) is 20.0 Å². The molecule has 0 atom stereocenters. The number of aromatic nitrogens is 2. The maximum atomic E-state index is 13.7. The van der Waals surface area contributed by atoms with E-state index in [1.807, 2.05) is 30.5 Å². The van der Waals surface area contributed by atoms with Crippen molar-refractivity contribution in [2.45, 2.75) is 12.3 Å². The van der Waals surface area contributed by atoms with Gasteiger partial charge in [-0.15, -0.1) is 0 Å². The van der Waals surface area contributed by atoms with E-state index in [4.69, 9.17) is 9.47 Å². The van der Waals surface area contributed by atoms with Crippen LogP contribution in [-0.2, 0) is 21.8 Å². The van der Waals surface area contributed by atoms with Crippen LogP contribution in [0, 0.1) is 5.82 Å². The van der Waals surface area contributed by atoms with Crippen molar-refractivity contribution >= 4 is 34.5 Å². The number of imidazole rings is 1. The third-order valence-electron chi connectivity index (χ3n) is 4.13. The fourth-order valence-electron chi connectivity index (χ4n) is 2.79. The van der Waals surface area contributed by atoms with Gasteiger partial charge in [0, 0.05) is 5.56 Å². The van der Waals surface area contributed by atoms with Crippen LogP contribution in [-0.4, -0.2) is 41.3 Å². The van der Waals surface area contributed by atoms with Crippen molar-refractivity contribution in [1.82, 2.24) is 9.55 Å². The summed E-state index contributed by atoms with van der Waals surface area (Å²) in [6.45, 7) is -0.518. The van der Waals surface area contributed by atoms with Crippen LogP contribution >= 0.6 is 11.8 Å². The average Bonchev–Trinajstić information content (AvgIpc) is 3.03. The number of Topliss-reactive ketones (excluding diaryl/α,β-unsaturated/α-hetero) is 1. The molecule has 0 saturated carbocycles. The molecule has 0 saturated heterocycles. The Balaban J connectivity index is 1.67. The number of fused-ring (bicyclic) bond motifs is 1. The zero-order valence-electron chi connectivity index (χ0n) is 15.5. The van der Waals surface area contributed by atoms with Crippen molar-refractivity contribution < 1.29 is 23.5 Å². The Bertz CT molecular complexity index is 1020.